The van der Waals surface area contributed by atoms with Gasteiger partial charge in [-0.3, -0.25) is 9.97 Å². The van der Waals surface area contributed by atoms with Gasteiger partial charge in [-0.2, -0.15) is 0 Å². The molecule has 90 valence electrons. The second-order valence-corrected chi connectivity index (χ2v) is 3.42. The van der Waals surface area contributed by atoms with E-state index in [9.17, 15) is 0 Å². The van der Waals surface area contributed by atoms with Crippen LogP contribution >= 0.6 is 37.0 Å². The predicted octanol–water partition coefficient (Wildman–Crippen LogP) is 2.62. The molecule has 2 heterocycles. The molecule has 3 nitrogen and oxygen atoms in total. The van der Waals surface area contributed by atoms with Gasteiger partial charge < -0.3 is 5.73 Å². The Morgan fingerprint density at radius 1 is 1.00 bits per heavy atom. The summed E-state index contributed by atoms with van der Waals surface area (Å²) < 4.78 is 0. The van der Waals surface area contributed by atoms with Crippen LogP contribution in [-0.2, 0) is 0 Å². The quantitative estimate of drug-likeness (QED) is 0.863. The first kappa shape index (κ1) is 15.8. The van der Waals surface area contributed by atoms with Crippen LogP contribution in [0.25, 0.3) is 11.3 Å². The lowest BCUT2D eigenvalue weighted by Crippen LogP contribution is -2.13. The summed E-state index contributed by atoms with van der Waals surface area (Å²) in [6.07, 6.45) is 3.40. The zero-order chi connectivity index (χ0) is 10.7. The summed E-state index contributed by atoms with van der Waals surface area (Å²) in [5, 5.41) is 0. The van der Waals surface area contributed by atoms with E-state index in [0.717, 1.165) is 11.3 Å². The monoisotopic (exact) mass is 287 g/mol. The van der Waals surface area contributed by atoms with Gasteiger partial charge in [-0.05, 0) is 24.3 Å². The second kappa shape index (κ2) is 7.17. The van der Waals surface area contributed by atoms with E-state index in [1.807, 2.05) is 30.3 Å². The Balaban J connectivity index is 0.00000128. The van der Waals surface area contributed by atoms with E-state index < -0.39 is 0 Å². The molecule has 2 N–H and O–H groups in total. The summed E-state index contributed by atoms with van der Waals surface area (Å²) in [5.74, 6) is 0. The van der Waals surface area contributed by atoms with Gasteiger partial charge in [0.15, 0.2) is 0 Å². The van der Waals surface area contributed by atoms with Crippen molar-refractivity contribution in [1.82, 2.24) is 9.97 Å². The highest BCUT2D eigenvalue weighted by atomic mass is 35.5. The maximum absolute atomic E-state index is 5.59. The fraction of sp³-hybridized carbons (Fsp3) is 0. The highest BCUT2D eigenvalue weighted by Gasteiger charge is 2.08. The van der Waals surface area contributed by atoms with Crippen LogP contribution in [0.2, 0.25) is 0 Å². The second-order valence-electron chi connectivity index (χ2n) is 2.98. The zero-order valence-electron chi connectivity index (χ0n) is 8.74. The van der Waals surface area contributed by atoms with Crippen molar-refractivity contribution < 1.29 is 0 Å². The summed E-state index contributed by atoms with van der Waals surface area (Å²) in [5.41, 5.74) is 7.90. The number of rotatable bonds is 2. The smallest absolute Gasteiger partial charge is 0.123 e. The van der Waals surface area contributed by atoms with Gasteiger partial charge in [-0.1, -0.05) is 18.3 Å². The van der Waals surface area contributed by atoms with Crippen LogP contribution in [0.5, 0.6) is 0 Å². The largest absolute Gasteiger partial charge is 0.388 e. The first-order valence-electron chi connectivity index (χ1n) is 4.45. The van der Waals surface area contributed by atoms with Gasteiger partial charge in [-0.15, -0.1) is 24.8 Å². The Labute approximate surface area is 117 Å². The summed E-state index contributed by atoms with van der Waals surface area (Å²) in [6.45, 7) is 0. The van der Waals surface area contributed by atoms with E-state index in [2.05, 4.69) is 9.97 Å². The highest BCUT2D eigenvalue weighted by Crippen LogP contribution is 2.18. The van der Waals surface area contributed by atoms with E-state index in [0.29, 0.717) is 5.69 Å². The van der Waals surface area contributed by atoms with Gasteiger partial charge in [0.05, 0.1) is 5.69 Å². The molecule has 0 radical (unpaired) electrons. The molecule has 2 rings (SSSR count). The molecule has 0 amide bonds. The molecule has 0 aromatic carbocycles. The van der Waals surface area contributed by atoms with Crippen molar-refractivity contribution in [1.29, 1.82) is 0 Å². The number of halogens is 2. The van der Waals surface area contributed by atoms with Crippen molar-refractivity contribution in [3.05, 3.63) is 48.4 Å². The molecule has 17 heavy (non-hydrogen) atoms. The Bertz CT molecular complexity index is 491. The lowest BCUT2D eigenvalue weighted by molar-refractivity contribution is 1.26. The van der Waals surface area contributed by atoms with E-state index in [1.54, 1.807) is 12.4 Å². The molecule has 0 atom stereocenters. The summed E-state index contributed by atoms with van der Waals surface area (Å²) in [4.78, 5) is 8.67. The number of hydrogen-bond acceptors (Lipinski definition) is 3. The fourth-order valence-electron chi connectivity index (χ4n) is 1.33. The van der Waals surface area contributed by atoms with Gasteiger partial charge in [0.25, 0.3) is 0 Å². The molecule has 0 aliphatic carbocycles. The molecule has 0 spiro atoms. The van der Waals surface area contributed by atoms with Crippen molar-refractivity contribution in [2.24, 2.45) is 5.73 Å². The van der Waals surface area contributed by atoms with Crippen molar-refractivity contribution in [2.75, 3.05) is 0 Å². The molecule has 6 heteroatoms. The minimum absolute atomic E-state index is 0. The van der Waals surface area contributed by atoms with Crippen LogP contribution < -0.4 is 5.73 Å². The number of nitrogens with two attached hydrogens (primary N) is 1. The molecule has 0 unspecified atom stereocenters. The van der Waals surface area contributed by atoms with E-state index in [-0.39, 0.29) is 29.8 Å². The van der Waals surface area contributed by atoms with E-state index >= 15 is 0 Å². The maximum atomic E-state index is 5.59. The van der Waals surface area contributed by atoms with Crippen LogP contribution in [0.4, 0.5) is 0 Å². The zero-order valence-corrected chi connectivity index (χ0v) is 11.2. The van der Waals surface area contributed by atoms with Gasteiger partial charge >= 0.3 is 0 Å². The Hall–Kier alpha value is -1.23. The molecule has 2 aromatic rings. The number of pyridine rings is 2. The molecule has 0 fully saturated rings. The van der Waals surface area contributed by atoms with Gasteiger partial charge in [0.2, 0.25) is 0 Å². The van der Waals surface area contributed by atoms with Crippen molar-refractivity contribution in [2.45, 2.75) is 0 Å². The standard InChI is InChI=1S/C11H9N3S.2ClH/c12-11(15)10-8(4-3-7-14-10)9-5-1-2-6-13-9;;/h1-7H,(H2,12,15);2*1H. The number of nitrogens with zero attached hydrogens (tertiary/aromatic N) is 2. The summed E-state index contributed by atoms with van der Waals surface area (Å²) >= 11 is 4.94. The van der Waals surface area contributed by atoms with Gasteiger partial charge in [0, 0.05) is 18.0 Å². The van der Waals surface area contributed by atoms with E-state index in [4.69, 9.17) is 18.0 Å². The molecule has 0 saturated carbocycles. The Morgan fingerprint density at radius 3 is 2.29 bits per heavy atom. The average molecular weight is 288 g/mol. The van der Waals surface area contributed by atoms with Crippen LogP contribution in [0, 0.1) is 0 Å². The third-order valence-electron chi connectivity index (χ3n) is 1.98. The maximum Gasteiger partial charge on any atom is 0.123 e. The first-order valence-corrected chi connectivity index (χ1v) is 4.86. The number of thiocarbonyl (C=S) groups is 1. The molecule has 0 saturated heterocycles. The highest BCUT2D eigenvalue weighted by molar-refractivity contribution is 7.80. The lowest BCUT2D eigenvalue weighted by atomic mass is 10.1. The molecule has 0 bridgehead atoms. The van der Waals surface area contributed by atoms with Crippen LogP contribution in [0.1, 0.15) is 5.69 Å². The van der Waals surface area contributed by atoms with Crippen molar-refractivity contribution in [3.63, 3.8) is 0 Å². The first-order chi connectivity index (χ1) is 7.29. The topological polar surface area (TPSA) is 51.8 Å². The molecule has 0 aliphatic rings. The molecule has 0 aliphatic heterocycles. The van der Waals surface area contributed by atoms with Gasteiger partial charge in [0.1, 0.15) is 10.7 Å². The van der Waals surface area contributed by atoms with E-state index in [1.165, 1.54) is 0 Å². The third kappa shape index (κ3) is 3.63. The Morgan fingerprint density at radius 2 is 1.71 bits per heavy atom. The average Bonchev–Trinajstić information content (AvgIpc) is 2.30. The molecular weight excluding hydrogens is 277 g/mol. The number of aromatic nitrogens is 2. The van der Waals surface area contributed by atoms with Crippen LogP contribution in [-0.4, -0.2) is 15.0 Å². The number of hydrogen-bond donors (Lipinski definition) is 1. The predicted molar refractivity (Wildman–Crippen MR) is 77.9 cm³/mol. The third-order valence-corrected chi connectivity index (χ3v) is 2.18. The summed E-state index contributed by atoms with van der Waals surface area (Å²) in [6, 6.07) is 9.42. The lowest BCUT2D eigenvalue weighted by Gasteiger charge is -2.05. The van der Waals surface area contributed by atoms with Crippen LogP contribution in [0.15, 0.2) is 42.7 Å². The van der Waals surface area contributed by atoms with Crippen molar-refractivity contribution >= 4 is 42.0 Å². The minimum atomic E-state index is 0. The SMILES string of the molecule is Cl.Cl.NC(=S)c1ncccc1-c1ccccn1. The minimum Gasteiger partial charge on any atom is -0.388 e. The molecule has 2 aromatic heterocycles. The Kier molecular flexibility index (Phi) is 6.65. The van der Waals surface area contributed by atoms with Gasteiger partial charge in [-0.25, -0.2) is 0 Å². The van der Waals surface area contributed by atoms with Crippen molar-refractivity contribution in [3.8, 4) is 11.3 Å². The van der Waals surface area contributed by atoms with Crippen LogP contribution in [0.3, 0.4) is 0 Å². The fourth-order valence-corrected chi connectivity index (χ4v) is 1.49. The molecular formula is C11H11Cl2N3S. The normalized spacial score (nSPS) is 8.71. The summed E-state index contributed by atoms with van der Waals surface area (Å²) in [7, 11) is 0.